The number of nitrogens with zero attached hydrogens (tertiary/aromatic N) is 2. The number of anilines is 1. The molecule has 1 amide bonds. The monoisotopic (exact) mass is 413 g/mol. The van der Waals surface area contributed by atoms with E-state index in [-0.39, 0.29) is 11.5 Å². The van der Waals surface area contributed by atoms with E-state index in [0.29, 0.717) is 17.9 Å². The van der Waals surface area contributed by atoms with Crippen LogP contribution in [0, 0.1) is 25.2 Å². The van der Waals surface area contributed by atoms with Crippen LogP contribution in [-0.4, -0.2) is 23.1 Å². The first-order chi connectivity index (χ1) is 14.9. The number of nitriles is 1. The fourth-order valence-corrected chi connectivity index (χ4v) is 3.34. The highest BCUT2D eigenvalue weighted by molar-refractivity contribution is 6.09. The summed E-state index contributed by atoms with van der Waals surface area (Å²) in [7, 11) is 0. The molecule has 0 aliphatic heterocycles. The molecule has 6 nitrogen and oxygen atoms in total. The van der Waals surface area contributed by atoms with Gasteiger partial charge in [-0.15, -0.1) is 0 Å². The minimum Gasteiger partial charge on any atom is -0.462 e. The first kappa shape index (κ1) is 21.6. The Morgan fingerprint density at radius 2 is 1.84 bits per heavy atom. The molecule has 1 N–H and O–H groups in total. The number of carbonyl (C=O) groups is 2. The number of aromatic nitrogens is 1. The van der Waals surface area contributed by atoms with Gasteiger partial charge in [-0.1, -0.05) is 24.3 Å². The summed E-state index contributed by atoms with van der Waals surface area (Å²) in [5.41, 5.74) is 4.39. The van der Waals surface area contributed by atoms with Crippen LogP contribution in [0.2, 0.25) is 0 Å². The highest BCUT2D eigenvalue weighted by Gasteiger charge is 2.15. The Bertz CT molecular complexity index is 1180. The van der Waals surface area contributed by atoms with Crippen molar-refractivity contribution in [2.45, 2.75) is 20.8 Å². The van der Waals surface area contributed by atoms with Crippen LogP contribution in [-0.2, 0) is 9.53 Å². The summed E-state index contributed by atoms with van der Waals surface area (Å²) in [6.07, 6.45) is 1.58. The summed E-state index contributed by atoms with van der Waals surface area (Å²) < 4.78 is 7.06. The summed E-state index contributed by atoms with van der Waals surface area (Å²) in [5, 5.41) is 12.3. The zero-order valence-corrected chi connectivity index (χ0v) is 17.7. The molecule has 156 valence electrons. The molecule has 0 atom stereocenters. The van der Waals surface area contributed by atoms with Gasteiger partial charge in [0, 0.05) is 22.8 Å². The lowest BCUT2D eigenvalue weighted by Gasteiger charge is -2.11. The van der Waals surface area contributed by atoms with Gasteiger partial charge in [0.15, 0.2) is 0 Å². The number of ether oxygens (including phenoxy) is 1. The molecule has 1 aromatic heterocycles. The fraction of sp³-hybridized carbons (Fsp3) is 0.160. The predicted molar refractivity (Wildman–Crippen MR) is 120 cm³/mol. The molecule has 0 bridgehead atoms. The van der Waals surface area contributed by atoms with Crippen molar-refractivity contribution in [1.29, 1.82) is 5.26 Å². The molecule has 3 rings (SSSR count). The van der Waals surface area contributed by atoms with Crippen LogP contribution < -0.4 is 5.32 Å². The van der Waals surface area contributed by atoms with Crippen molar-refractivity contribution < 1.29 is 14.3 Å². The second kappa shape index (κ2) is 9.59. The summed E-state index contributed by atoms with van der Waals surface area (Å²) in [6.45, 7) is 5.90. The van der Waals surface area contributed by atoms with E-state index < -0.39 is 5.91 Å². The number of esters is 1. The Labute approximate surface area is 181 Å². The Morgan fingerprint density at radius 1 is 1.10 bits per heavy atom. The lowest BCUT2D eigenvalue weighted by Crippen LogP contribution is -2.13. The van der Waals surface area contributed by atoms with Gasteiger partial charge in [0.25, 0.3) is 5.91 Å². The van der Waals surface area contributed by atoms with Gasteiger partial charge in [0.1, 0.15) is 11.6 Å². The lowest BCUT2D eigenvalue weighted by atomic mass is 10.1. The van der Waals surface area contributed by atoms with Crippen LogP contribution >= 0.6 is 0 Å². The molecular weight excluding hydrogens is 390 g/mol. The third kappa shape index (κ3) is 4.90. The first-order valence-electron chi connectivity index (χ1n) is 9.89. The summed E-state index contributed by atoms with van der Waals surface area (Å²) in [4.78, 5) is 24.6. The molecule has 2 aromatic carbocycles. The number of hydrogen-bond donors (Lipinski definition) is 1. The molecule has 0 saturated carbocycles. The zero-order valence-electron chi connectivity index (χ0n) is 17.7. The molecule has 0 spiro atoms. The second-order valence-corrected chi connectivity index (χ2v) is 6.92. The number of carbonyl (C=O) groups excluding carboxylic acids is 2. The summed E-state index contributed by atoms with van der Waals surface area (Å²) in [6, 6.07) is 20.0. The fourth-order valence-electron chi connectivity index (χ4n) is 3.34. The van der Waals surface area contributed by atoms with Gasteiger partial charge in [-0.3, -0.25) is 4.79 Å². The van der Waals surface area contributed by atoms with E-state index in [0.717, 1.165) is 22.6 Å². The number of amides is 1. The van der Waals surface area contributed by atoms with Crippen molar-refractivity contribution in [3.63, 3.8) is 0 Å². The molecule has 1 heterocycles. The molecule has 0 aliphatic carbocycles. The van der Waals surface area contributed by atoms with Gasteiger partial charge < -0.3 is 14.6 Å². The SMILES string of the molecule is CCOC(=O)c1cccc(-n2c(C)cc(C=C(C#N)C(=O)Nc3ccccc3)c2C)c1. The van der Waals surface area contributed by atoms with Crippen LogP contribution in [0.25, 0.3) is 11.8 Å². The van der Waals surface area contributed by atoms with Gasteiger partial charge >= 0.3 is 5.97 Å². The Morgan fingerprint density at radius 3 is 2.52 bits per heavy atom. The van der Waals surface area contributed by atoms with Crippen LogP contribution in [0.4, 0.5) is 5.69 Å². The van der Waals surface area contributed by atoms with Crippen molar-refractivity contribution in [2.75, 3.05) is 11.9 Å². The highest BCUT2D eigenvalue weighted by atomic mass is 16.5. The lowest BCUT2D eigenvalue weighted by molar-refractivity contribution is -0.112. The quantitative estimate of drug-likeness (QED) is 0.357. The highest BCUT2D eigenvalue weighted by Crippen LogP contribution is 2.24. The summed E-state index contributed by atoms with van der Waals surface area (Å²) >= 11 is 0. The van der Waals surface area contributed by atoms with E-state index in [1.165, 1.54) is 0 Å². The standard InChI is InChI=1S/C25H23N3O3/c1-4-31-25(30)19-9-8-12-23(15-19)28-17(2)13-20(18(28)3)14-21(16-26)24(29)27-22-10-6-5-7-11-22/h5-15H,4H2,1-3H3,(H,27,29). The topological polar surface area (TPSA) is 84.1 Å². The van der Waals surface area contributed by atoms with Crippen LogP contribution in [0.1, 0.15) is 34.2 Å². The second-order valence-electron chi connectivity index (χ2n) is 6.92. The minimum absolute atomic E-state index is 0.00405. The number of para-hydroxylation sites is 1. The Balaban J connectivity index is 1.94. The van der Waals surface area contributed by atoms with Gasteiger partial charge in [-0.25, -0.2) is 4.79 Å². The van der Waals surface area contributed by atoms with E-state index in [1.54, 1.807) is 43.3 Å². The zero-order chi connectivity index (χ0) is 22.4. The van der Waals surface area contributed by atoms with Crippen LogP contribution in [0.15, 0.2) is 66.2 Å². The number of aryl methyl sites for hydroxylation is 1. The summed E-state index contributed by atoms with van der Waals surface area (Å²) in [5.74, 6) is -0.848. The van der Waals surface area contributed by atoms with Crippen LogP contribution in [0.5, 0.6) is 0 Å². The first-order valence-corrected chi connectivity index (χ1v) is 9.89. The number of rotatable bonds is 6. The average molecular weight is 413 g/mol. The maximum atomic E-state index is 12.5. The van der Waals surface area contributed by atoms with E-state index in [9.17, 15) is 14.9 Å². The van der Waals surface area contributed by atoms with E-state index in [2.05, 4.69) is 5.32 Å². The largest absolute Gasteiger partial charge is 0.462 e. The Kier molecular flexibility index (Phi) is 6.68. The van der Waals surface area contributed by atoms with Crippen molar-refractivity contribution >= 4 is 23.6 Å². The van der Waals surface area contributed by atoms with Crippen molar-refractivity contribution in [3.8, 4) is 11.8 Å². The smallest absolute Gasteiger partial charge is 0.338 e. The molecule has 6 heteroatoms. The molecule has 0 saturated heterocycles. The molecule has 3 aromatic rings. The van der Waals surface area contributed by atoms with E-state index in [1.807, 2.05) is 54.8 Å². The maximum absolute atomic E-state index is 12.5. The van der Waals surface area contributed by atoms with Crippen molar-refractivity contribution in [2.24, 2.45) is 0 Å². The molecule has 0 fully saturated rings. The third-order valence-corrected chi connectivity index (χ3v) is 4.78. The molecule has 0 aliphatic rings. The number of benzene rings is 2. The normalized spacial score (nSPS) is 11.0. The van der Waals surface area contributed by atoms with Gasteiger partial charge in [-0.05, 0) is 68.8 Å². The third-order valence-electron chi connectivity index (χ3n) is 4.78. The van der Waals surface area contributed by atoms with E-state index >= 15 is 0 Å². The molecule has 0 unspecified atom stereocenters. The molecular formula is C25H23N3O3. The number of hydrogen-bond acceptors (Lipinski definition) is 4. The van der Waals surface area contributed by atoms with Gasteiger partial charge in [-0.2, -0.15) is 5.26 Å². The van der Waals surface area contributed by atoms with Gasteiger partial charge in [0.2, 0.25) is 0 Å². The number of nitrogens with one attached hydrogen (secondary N) is 1. The predicted octanol–water partition coefficient (Wildman–Crippen LogP) is 4.82. The minimum atomic E-state index is -0.470. The molecule has 0 radical (unpaired) electrons. The van der Waals surface area contributed by atoms with Crippen molar-refractivity contribution in [3.05, 3.63) is 88.8 Å². The van der Waals surface area contributed by atoms with Crippen LogP contribution in [0.3, 0.4) is 0 Å². The Hall–Kier alpha value is -4.11. The van der Waals surface area contributed by atoms with E-state index in [4.69, 9.17) is 4.74 Å². The van der Waals surface area contributed by atoms with Gasteiger partial charge in [0.05, 0.1) is 12.2 Å². The average Bonchev–Trinajstić information content (AvgIpc) is 3.05. The maximum Gasteiger partial charge on any atom is 0.338 e. The van der Waals surface area contributed by atoms with Crippen molar-refractivity contribution in [1.82, 2.24) is 4.57 Å². The molecule has 31 heavy (non-hydrogen) atoms.